The van der Waals surface area contributed by atoms with Crippen LogP contribution in [0, 0.1) is 0 Å². The maximum atomic E-state index is 12.6. The first-order valence-corrected chi connectivity index (χ1v) is 11.7. The topological polar surface area (TPSA) is 62.2 Å². The number of hydrogen-bond acceptors (Lipinski definition) is 3. The van der Waals surface area contributed by atoms with Crippen molar-refractivity contribution in [2.24, 2.45) is 0 Å². The fourth-order valence-corrected chi connectivity index (χ4v) is 4.66. The van der Waals surface area contributed by atoms with Gasteiger partial charge in [0.25, 0.3) is 0 Å². The lowest BCUT2D eigenvalue weighted by Crippen LogP contribution is -2.32. The molecule has 0 spiro atoms. The third-order valence-corrected chi connectivity index (χ3v) is 6.30. The highest BCUT2D eigenvalue weighted by Gasteiger charge is 2.40. The quantitative estimate of drug-likeness (QED) is 0.380. The first-order chi connectivity index (χ1) is 16.7. The molecule has 2 N–H and O–H groups in total. The van der Waals surface area contributed by atoms with E-state index in [1.165, 1.54) is 0 Å². The van der Waals surface area contributed by atoms with E-state index in [-0.39, 0.29) is 18.0 Å². The van der Waals surface area contributed by atoms with Crippen molar-refractivity contribution in [1.82, 2.24) is 19.8 Å². The van der Waals surface area contributed by atoms with Crippen LogP contribution in [0.3, 0.4) is 0 Å². The summed E-state index contributed by atoms with van der Waals surface area (Å²) in [6.45, 7) is 0.495. The van der Waals surface area contributed by atoms with E-state index < -0.39 is 0 Å². The molecule has 0 radical (unpaired) electrons. The summed E-state index contributed by atoms with van der Waals surface area (Å²) in [6.07, 6.45) is 6.30. The number of nitrogens with zero attached hydrogens (tertiary/aromatic N) is 3. The van der Waals surface area contributed by atoms with Crippen LogP contribution in [-0.4, -0.2) is 32.0 Å². The second-order valence-corrected chi connectivity index (χ2v) is 8.56. The number of pyridine rings is 1. The summed E-state index contributed by atoms with van der Waals surface area (Å²) in [5, 5.41) is 7.03. The Kier molecular flexibility index (Phi) is 6.35. The molecule has 2 aromatic heterocycles. The summed E-state index contributed by atoms with van der Waals surface area (Å²) in [7, 11) is 0. The Labute approximate surface area is 204 Å². The van der Waals surface area contributed by atoms with Gasteiger partial charge in [0, 0.05) is 42.9 Å². The van der Waals surface area contributed by atoms with Crippen LogP contribution in [-0.2, 0) is 4.79 Å². The predicted octanol–water partition coefficient (Wildman–Crippen LogP) is 4.87. The van der Waals surface area contributed by atoms with E-state index in [0.29, 0.717) is 18.1 Å². The molecule has 1 aliphatic rings. The van der Waals surface area contributed by atoms with Crippen LogP contribution in [0.4, 0.5) is 5.69 Å². The second kappa shape index (κ2) is 9.89. The minimum Gasteiger partial charge on any atom is -0.352 e. The van der Waals surface area contributed by atoms with Gasteiger partial charge < -0.3 is 20.1 Å². The van der Waals surface area contributed by atoms with Crippen LogP contribution in [0.2, 0.25) is 0 Å². The monoisotopic (exact) mass is 467 g/mol. The van der Waals surface area contributed by atoms with Gasteiger partial charge in [-0.2, -0.15) is 0 Å². The highest BCUT2D eigenvalue weighted by molar-refractivity contribution is 7.80. The highest BCUT2D eigenvalue weighted by Crippen LogP contribution is 2.39. The lowest BCUT2D eigenvalue weighted by Gasteiger charge is -2.27. The van der Waals surface area contributed by atoms with E-state index in [1.807, 2.05) is 66.7 Å². The average molecular weight is 468 g/mol. The predicted molar refractivity (Wildman–Crippen MR) is 138 cm³/mol. The van der Waals surface area contributed by atoms with Gasteiger partial charge in [0.15, 0.2) is 5.11 Å². The maximum Gasteiger partial charge on any atom is 0.226 e. The number of para-hydroxylation sites is 2. The van der Waals surface area contributed by atoms with Gasteiger partial charge in [-0.05, 0) is 60.2 Å². The second-order valence-electron chi connectivity index (χ2n) is 8.17. The van der Waals surface area contributed by atoms with Crippen molar-refractivity contribution in [3.63, 3.8) is 0 Å². The van der Waals surface area contributed by atoms with Gasteiger partial charge in [0.1, 0.15) is 0 Å². The molecular formula is C27H25N5OS. The van der Waals surface area contributed by atoms with Gasteiger partial charge in [-0.1, -0.05) is 42.5 Å². The Morgan fingerprint density at radius 1 is 0.971 bits per heavy atom. The molecule has 170 valence electrons. The van der Waals surface area contributed by atoms with E-state index in [0.717, 1.165) is 22.6 Å². The summed E-state index contributed by atoms with van der Waals surface area (Å²) in [5.41, 5.74) is 3.90. The zero-order valence-corrected chi connectivity index (χ0v) is 19.4. The van der Waals surface area contributed by atoms with Gasteiger partial charge in [0.2, 0.25) is 5.91 Å². The minimum absolute atomic E-state index is 0.0455. The van der Waals surface area contributed by atoms with Crippen molar-refractivity contribution >= 4 is 28.9 Å². The van der Waals surface area contributed by atoms with Gasteiger partial charge in [0.05, 0.1) is 17.8 Å². The van der Waals surface area contributed by atoms with Crippen LogP contribution in [0.5, 0.6) is 0 Å². The molecule has 3 heterocycles. The normalized spacial score (nSPS) is 17.4. The Bertz CT molecular complexity index is 1260. The SMILES string of the molecule is O=C(CCN1C(=S)N[C@@H](c2ccccn2)[C@@H]1c1ccn(-c2ccccc2)c1)Nc1ccccc1. The molecule has 4 aromatic rings. The van der Waals surface area contributed by atoms with Gasteiger partial charge >= 0.3 is 0 Å². The molecule has 0 unspecified atom stereocenters. The van der Waals surface area contributed by atoms with E-state index >= 15 is 0 Å². The van der Waals surface area contributed by atoms with Gasteiger partial charge in [-0.15, -0.1) is 0 Å². The van der Waals surface area contributed by atoms with Crippen LogP contribution < -0.4 is 10.6 Å². The van der Waals surface area contributed by atoms with Crippen molar-refractivity contribution in [2.45, 2.75) is 18.5 Å². The van der Waals surface area contributed by atoms with Gasteiger partial charge in [-0.3, -0.25) is 9.78 Å². The molecule has 34 heavy (non-hydrogen) atoms. The fraction of sp³-hybridized carbons (Fsp3) is 0.148. The van der Waals surface area contributed by atoms with Gasteiger partial charge in [-0.25, -0.2) is 0 Å². The van der Waals surface area contributed by atoms with Crippen LogP contribution >= 0.6 is 12.2 Å². The molecule has 5 rings (SSSR count). The first-order valence-electron chi connectivity index (χ1n) is 11.3. The number of hydrogen-bond donors (Lipinski definition) is 2. The number of thiocarbonyl (C=S) groups is 1. The Balaban J connectivity index is 1.40. The van der Waals surface area contributed by atoms with E-state index in [9.17, 15) is 4.79 Å². The van der Waals surface area contributed by atoms with Crippen molar-refractivity contribution in [3.8, 4) is 5.69 Å². The number of amides is 1. The Morgan fingerprint density at radius 2 is 1.71 bits per heavy atom. The van der Waals surface area contributed by atoms with E-state index in [2.05, 4.69) is 55.7 Å². The van der Waals surface area contributed by atoms with Crippen LogP contribution in [0.15, 0.2) is 104 Å². The average Bonchev–Trinajstić information content (AvgIpc) is 3.49. The smallest absolute Gasteiger partial charge is 0.226 e. The number of nitrogens with one attached hydrogen (secondary N) is 2. The number of carbonyl (C=O) groups excluding carboxylic acids is 1. The number of benzene rings is 2. The molecule has 1 fully saturated rings. The molecule has 1 amide bonds. The zero-order chi connectivity index (χ0) is 23.3. The van der Waals surface area contributed by atoms with E-state index in [4.69, 9.17) is 12.2 Å². The molecule has 7 heteroatoms. The molecule has 2 aromatic carbocycles. The van der Waals surface area contributed by atoms with Crippen molar-refractivity contribution in [3.05, 3.63) is 115 Å². The van der Waals surface area contributed by atoms with Crippen molar-refractivity contribution in [1.29, 1.82) is 0 Å². The number of carbonyl (C=O) groups is 1. The number of rotatable bonds is 7. The lowest BCUT2D eigenvalue weighted by molar-refractivity contribution is -0.116. The third kappa shape index (κ3) is 4.70. The number of anilines is 1. The summed E-state index contributed by atoms with van der Waals surface area (Å²) in [4.78, 5) is 19.3. The fourth-order valence-electron chi connectivity index (χ4n) is 4.33. The lowest BCUT2D eigenvalue weighted by atomic mass is 9.99. The molecule has 1 aliphatic heterocycles. The molecule has 0 aliphatic carbocycles. The molecule has 2 atom stereocenters. The molecule has 6 nitrogen and oxygen atoms in total. The van der Waals surface area contributed by atoms with Crippen molar-refractivity contribution in [2.75, 3.05) is 11.9 Å². The minimum atomic E-state index is -0.113. The first kappa shape index (κ1) is 21.9. The molecule has 1 saturated heterocycles. The Hall–Kier alpha value is -3.97. The summed E-state index contributed by atoms with van der Waals surface area (Å²) >= 11 is 5.73. The van der Waals surface area contributed by atoms with Crippen molar-refractivity contribution < 1.29 is 4.79 Å². The number of aromatic nitrogens is 2. The van der Waals surface area contributed by atoms with Crippen LogP contribution in [0.1, 0.15) is 29.8 Å². The van der Waals surface area contributed by atoms with Crippen LogP contribution in [0.25, 0.3) is 5.69 Å². The Morgan fingerprint density at radius 3 is 2.44 bits per heavy atom. The summed E-state index contributed by atoms with van der Waals surface area (Å²) < 4.78 is 2.10. The van der Waals surface area contributed by atoms with E-state index in [1.54, 1.807) is 6.20 Å². The maximum absolute atomic E-state index is 12.6. The summed E-state index contributed by atoms with van der Waals surface area (Å²) in [5.74, 6) is -0.0455. The summed E-state index contributed by atoms with van der Waals surface area (Å²) in [6, 6.07) is 27.5. The largest absolute Gasteiger partial charge is 0.352 e. The molecule has 0 bridgehead atoms. The molecule has 0 saturated carbocycles. The molecular weight excluding hydrogens is 442 g/mol. The third-order valence-electron chi connectivity index (χ3n) is 5.95. The standard InChI is InChI=1S/C27H25N5OS/c33-24(29-21-9-3-1-4-10-21)15-18-32-26(25(30-27(32)34)23-13-7-8-16-28-23)20-14-17-31(19-20)22-11-5-2-6-12-22/h1-14,16-17,19,25-26H,15,18H2,(H,29,33)(H,30,34)/t25-,26-/m0/s1. The highest BCUT2D eigenvalue weighted by atomic mass is 32.1. The zero-order valence-electron chi connectivity index (χ0n) is 18.5.